The number of amides is 2. The lowest BCUT2D eigenvalue weighted by Crippen LogP contribution is -2.34. The lowest BCUT2D eigenvalue weighted by Gasteiger charge is -2.24. The van der Waals surface area contributed by atoms with Gasteiger partial charge in [0, 0.05) is 23.0 Å². The van der Waals surface area contributed by atoms with Gasteiger partial charge in [-0.3, -0.25) is 0 Å². The first-order chi connectivity index (χ1) is 11.3. The zero-order chi connectivity index (χ0) is 16.1. The van der Waals surface area contributed by atoms with Gasteiger partial charge in [0.1, 0.15) is 5.01 Å². The number of nitrogens with zero attached hydrogens (tertiary/aromatic N) is 2. The average Bonchev–Trinajstić information content (AvgIpc) is 3.24. The van der Waals surface area contributed by atoms with Crippen molar-refractivity contribution in [3.8, 4) is 0 Å². The Morgan fingerprint density at radius 2 is 2.35 bits per heavy atom. The Bertz CT molecular complexity index is 645. The van der Waals surface area contributed by atoms with Gasteiger partial charge in [-0.25, -0.2) is 9.78 Å². The van der Waals surface area contributed by atoms with Gasteiger partial charge in [-0.2, -0.15) is 0 Å². The molecule has 1 aromatic heterocycles. The summed E-state index contributed by atoms with van der Waals surface area (Å²) in [6.45, 7) is 2.96. The van der Waals surface area contributed by atoms with Crippen LogP contribution in [0.4, 0.5) is 10.5 Å². The largest absolute Gasteiger partial charge is 0.322 e. The lowest BCUT2D eigenvalue weighted by atomic mass is 10.2. The molecule has 6 heteroatoms. The molecule has 2 amide bonds. The predicted octanol–water partition coefficient (Wildman–Crippen LogP) is 5.01. The van der Waals surface area contributed by atoms with Crippen molar-refractivity contribution in [1.82, 2.24) is 9.88 Å². The number of para-hydroxylation sites is 1. The third kappa shape index (κ3) is 3.87. The summed E-state index contributed by atoms with van der Waals surface area (Å²) in [5, 5.41) is 6.10. The van der Waals surface area contributed by atoms with Crippen LogP contribution in [0.5, 0.6) is 0 Å². The van der Waals surface area contributed by atoms with E-state index in [9.17, 15) is 4.79 Å². The Labute approximate surface area is 145 Å². The first-order valence-corrected chi connectivity index (χ1v) is 9.85. The molecule has 0 radical (unpaired) electrons. The van der Waals surface area contributed by atoms with Crippen molar-refractivity contribution in [2.75, 3.05) is 17.6 Å². The van der Waals surface area contributed by atoms with Crippen molar-refractivity contribution < 1.29 is 4.79 Å². The van der Waals surface area contributed by atoms with Gasteiger partial charge < -0.3 is 10.2 Å². The van der Waals surface area contributed by atoms with Gasteiger partial charge in [0.15, 0.2) is 0 Å². The normalized spacial score (nSPS) is 17.4. The summed E-state index contributed by atoms with van der Waals surface area (Å²) in [4.78, 5) is 20.2. The summed E-state index contributed by atoms with van der Waals surface area (Å²) in [6, 6.07) is 8.12. The summed E-state index contributed by atoms with van der Waals surface area (Å²) in [5.74, 6) is 1.05. The van der Waals surface area contributed by atoms with Gasteiger partial charge in [0.2, 0.25) is 0 Å². The summed E-state index contributed by atoms with van der Waals surface area (Å²) in [5.41, 5.74) is 0.903. The van der Waals surface area contributed by atoms with Gasteiger partial charge in [-0.1, -0.05) is 19.1 Å². The highest BCUT2D eigenvalue weighted by molar-refractivity contribution is 7.99. The molecule has 4 nitrogen and oxygen atoms in total. The van der Waals surface area contributed by atoms with Crippen molar-refractivity contribution in [3.05, 3.63) is 40.8 Å². The topological polar surface area (TPSA) is 45.2 Å². The summed E-state index contributed by atoms with van der Waals surface area (Å²) in [7, 11) is 0. The fourth-order valence-electron chi connectivity index (χ4n) is 2.76. The maximum absolute atomic E-state index is 12.7. The van der Waals surface area contributed by atoms with Crippen molar-refractivity contribution in [3.63, 3.8) is 0 Å². The second-order valence-corrected chi connectivity index (χ2v) is 7.56. The molecule has 23 heavy (non-hydrogen) atoms. The molecule has 0 spiro atoms. The fourth-order valence-corrected chi connectivity index (χ4v) is 4.42. The van der Waals surface area contributed by atoms with Crippen LogP contribution in [-0.4, -0.2) is 28.2 Å². The molecule has 2 heterocycles. The van der Waals surface area contributed by atoms with Gasteiger partial charge >= 0.3 is 6.03 Å². The Morgan fingerprint density at radius 1 is 1.48 bits per heavy atom. The van der Waals surface area contributed by atoms with E-state index in [2.05, 4.69) is 23.3 Å². The SMILES string of the molecule is CCCSc1ccccc1NC(=O)N1CCCC1c1nccs1. The molecule has 1 aliphatic heterocycles. The Kier molecular flexibility index (Phi) is 5.56. The maximum atomic E-state index is 12.7. The van der Waals surface area contributed by atoms with Crippen LogP contribution < -0.4 is 5.32 Å². The summed E-state index contributed by atoms with van der Waals surface area (Å²) < 4.78 is 0. The molecule has 1 atom stereocenters. The highest BCUT2D eigenvalue weighted by Gasteiger charge is 2.31. The molecule has 122 valence electrons. The number of nitrogens with one attached hydrogen (secondary N) is 1. The zero-order valence-corrected chi connectivity index (χ0v) is 14.8. The number of aromatic nitrogens is 1. The number of likely N-dealkylation sites (tertiary alicyclic amines) is 1. The first kappa shape index (κ1) is 16.3. The minimum absolute atomic E-state index is 0.0211. The maximum Gasteiger partial charge on any atom is 0.322 e. The molecule has 2 aromatic rings. The lowest BCUT2D eigenvalue weighted by molar-refractivity contribution is 0.207. The second-order valence-electron chi connectivity index (χ2n) is 5.50. The minimum atomic E-state index is -0.0211. The molecule has 1 aromatic carbocycles. The Morgan fingerprint density at radius 3 is 3.13 bits per heavy atom. The molecule has 1 unspecified atom stereocenters. The third-order valence-electron chi connectivity index (χ3n) is 3.84. The number of hydrogen-bond donors (Lipinski definition) is 1. The van der Waals surface area contributed by atoms with Gasteiger partial charge in [-0.15, -0.1) is 23.1 Å². The quantitative estimate of drug-likeness (QED) is 0.773. The molecule has 0 bridgehead atoms. The average molecular weight is 348 g/mol. The van der Waals surface area contributed by atoms with E-state index in [1.807, 2.05) is 34.7 Å². The molecule has 1 fully saturated rings. The molecule has 3 rings (SSSR count). The van der Waals surface area contributed by atoms with E-state index in [0.29, 0.717) is 0 Å². The van der Waals surface area contributed by atoms with Crippen molar-refractivity contribution in [2.45, 2.75) is 37.1 Å². The van der Waals surface area contributed by atoms with Crippen LogP contribution in [0.25, 0.3) is 0 Å². The molecular weight excluding hydrogens is 326 g/mol. The van der Waals surface area contributed by atoms with E-state index >= 15 is 0 Å². The Hall–Kier alpha value is -1.53. The number of hydrogen-bond acceptors (Lipinski definition) is 4. The van der Waals surface area contributed by atoms with Gasteiger partial charge in [-0.05, 0) is 37.1 Å². The van der Waals surface area contributed by atoms with Crippen molar-refractivity contribution >= 4 is 34.8 Å². The smallest absolute Gasteiger partial charge is 0.315 e. The zero-order valence-electron chi connectivity index (χ0n) is 13.2. The standard InChI is InChI=1S/C17H21N3OS2/c1-2-11-22-15-8-4-3-6-13(15)19-17(21)20-10-5-7-14(20)16-18-9-12-23-16/h3-4,6,8-9,12,14H,2,5,7,10-11H2,1H3,(H,19,21). The summed E-state index contributed by atoms with van der Waals surface area (Å²) >= 11 is 3.41. The molecule has 0 aliphatic carbocycles. The van der Waals surface area contributed by atoms with Crippen LogP contribution in [0.3, 0.4) is 0 Å². The monoisotopic (exact) mass is 347 g/mol. The van der Waals surface area contributed by atoms with Crippen LogP contribution in [0, 0.1) is 0 Å². The minimum Gasteiger partial charge on any atom is -0.315 e. The predicted molar refractivity (Wildman–Crippen MR) is 97.3 cm³/mol. The van der Waals surface area contributed by atoms with Crippen molar-refractivity contribution in [1.29, 1.82) is 0 Å². The van der Waals surface area contributed by atoms with E-state index in [0.717, 1.165) is 47.2 Å². The van der Waals surface area contributed by atoms with E-state index < -0.39 is 0 Å². The van der Waals surface area contributed by atoms with Crippen LogP contribution in [-0.2, 0) is 0 Å². The highest BCUT2D eigenvalue weighted by atomic mass is 32.2. The van der Waals surface area contributed by atoms with Gasteiger partial charge in [0.05, 0.1) is 11.7 Å². The number of anilines is 1. The molecule has 1 N–H and O–H groups in total. The molecule has 1 aliphatic rings. The fraction of sp³-hybridized carbons (Fsp3) is 0.412. The van der Waals surface area contributed by atoms with Crippen LogP contribution in [0.1, 0.15) is 37.2 Å². The van der Waals surface area contributed by atoms with E-state index in [1.54, 1.807) is 23.1 Å². The highest BCUT2D eigenvalue weighted by Crippen LogP contribution is 2.34. The molecule has 0 saturated carbocycles. The molecular formula is C17H21N3OS2. The number of rotatable bonds is 5. The third-order valence-corrected chi connectivity index (χ3v) is 6.00. The van der Waals surface area contributed by atoms with Crippen LogP contribution in [0.15, 0.2) is 40.7 Å². The van der Waals surface area contributed by atoms with Crippen LogP contribution in [0.2, 0.25) is 0 Å². The number of carbonyl (C=O) groups is 1. The van der Waals surface area contributed by atoms with E-state index in [1.165, 1.54) is 0 Å². The number of urea groups is 1. The second kappa shape index (κ2) is 7.84. The number of carbonyl (C=O) groups excluding carboxylic acids is 1. The number of thioether (sulfide) groups is 1. The Balaban J connectivity index is 1.71. The van der Waals surface area contributed by atoms with Crippen LogP contribution >= 0.6 is 23.1 Å². The van der Waals surface area contributed by atoms with E-state index in [-0.39, 0.29) is 12.1 Å². The summed E-state index contributed by atoms with van der Waals surface area (Å²) in [6.07, 6.45) is 4.95. The first-order valence-electron chi connectivity index (χ1n) is 7.98. The number of thiazole rings is 1. The number of benzene rings is 1. The van der Waals surface area contributed by atoms with Crippen molar-refractivity contribution in [2.24, 2.45) is 0 Å². The van der Waals surface area contributed by atoms with E-state index in [4.69, 9.17) is 0 Å². The van der Waals surface area contributed by atoms with Gasteiger partial charge in [0.25, 0.3) is 0 Å². The molecule has 1 saturated heterocycles.